The van der Waals surface area contributed by atoms with Crippen LogP contribution in [0.1, 0.15) is 32.6 Å². The van der Waals surface area contributed by atoms with E-state index in [9.17, 15) is 9.59 Å². The first-order valence-electron chi connectivity index (χ1n) is 5.23. The molecule has 0 aliphatic carbocycles. The van der Waals surface area contributed by atoms with Gasteiger partial charge in [-0.2, -0.15) is 0 Å². The maximum absolute atomic E-state index is 11.1. The van der Waals surface area contributed by atoms with Crippen molar-refractivity contribution in [3.63, 3.8) is 0 Å². The van der Waals surface area contributed by atoms with E-state index in [1.807, 2.05) is 6.08 Å². The molecule has 0 radical (unpaired) electrons. The topological polar surface area (TPSA) is 58.2 Å². The van der Waals surface area contributed by atoms with Crippen molar-refractivity contribution in [1.82, 2.24) is 10.6 Å². The molecule has 0 bridgehead atoms. The summed E-state index contributed by atoms with van der Waals surface area (Å²) in [6, 6.07) is -0.453. The number of urea groups is 1. The van der Waals surface area contributed by atoms with Crippen LogP contribution in [0.3, 0.4) is 0 Å². The van der Waals surface area contributed by atoms with Gasteiger partial charge in [-0.1, -0.05) is 31.9 Å². The number of hydrogen-bond acceptors (Lipinski definition) is 2. The van der Waals surface area contributed by atoms with Gasteiger partial charge in [-0.15, -0.1) is 0 Å². The molecule has 3 amide bonds. The molecule has 0 aromatic carbocycles. The van der Waals surface area contributed by atoms with E-state index in [2.05, 4.69) is 17.6 Å². The Morgan fingerprint density at radius 2 is 2.00 bits per heavy atom. The van der Waals surface area contributed by atoms with Gasteiger partial charge in [0.2, 0.25) is 0 Å². The molecule has 15 heavy (non-hydrogen) atoms. The van der Waals surface area contributed by atoms with E-state index in [1.54, 1.807) is 12.2 Å². The van der Waals surface area contributed by atoms with E-state index in [-0.39, 0.29) is 5.91 Å². The molecule has 0 aromatic heterocycles. The molecule has 1 rings (SSSR count). The normalized spacial score (nSPS) is 18.6. The lowest BCUT2D eigenvalue weighted by atomic mass is 10.2. The highest BCUT2D eigenvalue weighted by molar-refractivity contribution is 6.11. The third-order valence-electron chi connectivity index (χ3n) is 2.09. The SMILES string of the molecule is CCCCCC=CC=C1NC(=O)NC1=O. The van der Waals surface area contributed by atoms with Crippen LogP contribution in [0, 0.1) is 0 Å². The van der Waals surface area contributed by atoms with Gasteiger partial charge >= 0.3 is 6.03 Å². The number of carbonyl (C=O) groups is 2. The Labute approximate surface area is 89.4 Å². The third-order valence-corrected chi connectivity index (χ3v) is 2.09. The second kappa shape index (κ2) is 6.01. The van der Waals surface area contributed by atoms with Crippen LogP contribution in [0.4, 0.5) is 4.79 Å². The highest BCUT2D eigenvalue weighted by atomic mass is 16.2. The number of allylic oxidation sites excluding steroid dienone is 3. The maximum Gasteiger partial charge on any atom is 0.326 e. The predicted octanol–water partition coefficient (Wildman–Crippen LogP) is 1.85. The lowest BCUT2D eigenvalue weighted by Crippen LogP contribution is -2.22. The molecule has 1 aliphatic heterocycles. The molecule has 0 saturated carbocycles. The predicted molar refractivity (Wildman–Crippen MR) is 58.0 cm³/mol. The molecule has 2 N–H and O–H groups in total. The molecule has 0 spiro atoms. The van der Waals surface area contributed by atoms with Crippen LogP contribution in [-0.2, 0) is 4.79 Å². The van der Waals surface area contributed by atoms with Crippen molar-refractivity contribution in [1.29, 1.82) is 0 Å². The lowest BCUT2D eigenvalue weighted by molar-refractivity contribution is -0.115. The van der Waals surface area contributed by atoms with Gasteiger partial charge < -0.3 is 5.32 Å². The number of nitrogens with one attached hydrogen (secondary N) is 2. The minimum Gasteiger partial charge on any atom is -0.303 e. The Balaban J connectivity index is 2.31. The Kier molecular flexibility index (Phi) is 4.60. The molecule has 1 fully saturated rings. The van der Waals surface area contributed by atoms with E-state index in [0.29, 0.717) is 5.70 Å². The summed E-state index contributed by atoms with van der Waals surface area (Å²) in [6.07, 6.45) is 10.0. The number of imide groups is 1. The Morgan fingerprint density at radius 1 is 1.20 bits per heavy atom. The van der Waals surface area contributed by atoms with Gasteiger partial charge in [0.25, 0.3) is 5.91 Å². The van der Waals surface area contributed by atoms with E-state index in [4.69, 9.17) is 0 Å². The molecule has 0 atom stereocenters. The largest absolute Gasteiger partial charge is 0.326 e. The molecular formula is C11H16N2O2. The summed E-state index contributed by atoms with van der Waals surface area (Å²) in [4.78, 5) is 21.8. The highest BCUT2D eigenvalue weighted by Gasteiger charge is 2.21. The van der Waals surface area contributed by atoms with Gasteiger partial charge in [0.05, 0.1) is 0 Å². The first-order valence-corrected chi connectivity index (χ1v) is 5.23. The van der Waals surface area contributed by atoms with Crippen LogP contribution in [-0.4, -0.2) is 11.9 Å². The monoisotopic (exact) mass is 208 g/mol. The molecule has 0 unspecified atom stereocenters. The summed E-state index contributed by atoms with van der Waals surface area (Å²) >= 11 is 0. The van der Waals surface area contributed by atoms with Crippen molar-refractivity contribution < 1.29 is 9.59 Å². The number of hydrogen-bond donors (Lipinski definition) is 2. The van der Waals surface area contributed by atoms with Gasteiger partial charge in [0.1, 0.15) is 5.70 Å². The van der Waals surface area contributed by atoms with Gasteiger partial charge in [-0.05, 0) is 18.9 Å². The number of unbranched alkanes of at least 4 members (excludes halogenated alkanes) is 3. The molecule has 4 heteroatoms. The molecule has 1 aliphatic rings. The van der Waals surface area contributed by atoms with E-state index in [1.165, 1.54) is 12.8 Å². The summed E-state index contributed by atoms with van der Waals surface area (Å²) in [7, 11) is 0. The van der Waals surface area contributed by atoms with Gasteiger partial charge in [0, 0.05) is 0 Å². The molecule has 82 valence electrons. The molecular weight excluding hydrogens is 192 g/mol. The number of carbonyl (C=O) groups excluding carboxylic acids is 2. The van der Waals surface area contributed by atoms with Crippen LogP contribution in [0.25, 0.3) is 0 Å². The van der Waals surface area contributed by atoms with E-state index < -0.39 is 6.03 Å². The van der Waals surface area contributed by atoms with Crippen LogP contribution < -0.4 is 10.6 Å². The standard InChI is InChI=1S/C11H16N2O2/c1-2-3-4-5-6-7-8-9-10(14)13-11(15)12-9/h6-8H,2-5H2,1H3,(H2,12,13,14,15). The maximum atomic E-state index is 11.1. The van der Waals surface area contributed by atoms with Crippen molar-refractivity contribution in [3.05, 3.63) is 23.9 Å². The fourth-order valence-corrected chi connectivity index (χ4v) is 1.27. The Morgan fingerprint density at radius 3 is 2.60 bits per heavy atom. The van der Waals surface area contributed by atoms with Gasteiger partial charge in [-0.25, -0.2) is 4.79 Å². The second-order valence-corrected chi connectivity index (χ2v) is 3.41. The number of amides is 3. The van der Waals surface area contributed by atoms with Crippen LogP contribution >= 0.6 is 0 Å². The van der Waals surface area contributed by atoms with Crippen LogP contribution in [0.2, 0.25) is 0 Å². The fourth-order valence-electron chi connectivity index (χ4n) is 1.27. The first kappa shape index (κ1) is 11.5. The minimum absolute atomic E-state index is 0.312. The molecule has 0 aromatic rings. The quantitative estimate of drug-likeness (QED) is 0.411. The summed E-state index contributed by atoms with van der Waals surface area (Å²) in [5, 5.41) is 4.55. The first-order chi connectivity index (χ1) is 7.24. The lowest BCUT2D eigenvalue weighted by Gasteiger charge is -1.91. The van der Waals surface area contributed by atoms with E-state index in [0.717, 1.165) is 12.8 Å². The average Bonchev–Trinajstić information content (AvgIpc) is 2.51. The Hall–Kier alpha value is -1.58. The van der Waals surface area contributed by atoms with Crippen molar-refractivity contribution >= 4 is 11.9 Å². The van der Waals surface area contributed by atoms with Crippen molar-refractivity contribution in [3.8, 4) is 0 Å². The van der Waals surface area contributed by atoms with Gasteiger partial charge in [0.15, 0.2) is 0 Å². The molecule has 4 nitrogen and oxygen atoms in total. The van der Waals surface area contributed by atoms with Crippen LogP contribution in [0.5, 0.6) is 0 Å². The van der Waals surface area contributed by atoms with Gasteiger partial charge in [-0.3, -0.25) is 10.1 Å². The molecule has 1 heterocycles. The van der Waals surface area contributed by atoms with E-state index >= 15 is 0 Å². The smallest absolute Gasteiger partial charge is 0.303 e. The summed E-state index contributed by atoms with van der Waals surface area (Å²) in [6.45, 7) is 2.16. The summed E-state index contributed by atoms with van der Waals surface area (Å²) in [5.74, 6) is -0.363. The fraction of sp³-hybridized carbons (Fsp3) is 0.455. The zero-order chi connectivity index (χ0) is 11.1. The highest BCUT2D eigenvalue weighted by Crippen LogP contribution is 2.01. The average molecular weight is 208 g/mol. The van der Waals surface area contributed by atoms with Crippen LogP contribution in [0.15, 0.2) is 23.9 Å². The second-order valence-electron chi connectivity index (χ2n) is 3.41. The summed E-state index contributed by atoms with van der Waals surface area (Å²) in [5.41, 5.74) is 0.312. The van der Waals surface area contributed by atoms with Crippen molar-refractivity contribution in [2.45, 2.75) is 32.6 Å². The summed E-state index contributed by atoms with van der Waals surface area (Å²) < 4.78 is 0. The third kappa shape index (κ3) is 3.97. The zero-order valence-electron chi connectivity index (χ0n) is 8.88. The minimum atomic E-state index is -0.453. The number of rotatable bonds is 5. The van der Waals surface area contributed by atoms with Crippen molar-refractivity contribution in [2.24, 2.45) is 0 Å². The zero-order valence-corrected chi connectivity index (χ0v) is 8.88. The van der Waals surface area contributed by atoms with Crippen molar-refractivity contribution in [2.75, 3.05) is 0 Å². The molecule has 1 saturated heterocycles. The Bertz CT molecular complexity index is 306.